The minimum atomic E-state index is -0.782. The highest BCUT2D eigenvalue weighted by atomic mass is 16.6. The van der Waals surface area contributed by atoms with Gasteiger partial charge < -0.3 is 9.15 Å². The molecule has 0 amide bonds. The molecular formula is C37H32N4O4. The lowest BCUT2D eigenvalue weighted by molar-refractivity contribution is 0.0540. The largest absolute Gasteiger partial charge is 0.443 e. The predicted octanol–water partition coefficient (Wildman–Crippen LogP) is 7.51. The molecule has 4 aromatic carbocycles. The van der Waals surface area contributed by atoms with Crippen LogP contribution in [0.1, 0.15) is 37.6 Å². The van der Waals surface area contributed by atoms with Gasteiger partial charge in [-0.2, -0.15) is 5.26 Å². The lowest BCUT2D eigenvalue weighted by Gasteiger charge is -2.21. The van der Waals surface area contributed by atoms with Crippen LogP contribution in [-0.4, -0.2) is 32.6 Å². The number of carbonyl (C=O) groups is 1. The van der Waals surface area contributed by atoms with E-state index in [1.54, 1.807) is 17.7 Å². The Kier molecular flexibility index (Phi) is 7.69. The first-order valence-corrected chi connectivity index (χ1v) is 14.7. The zero-order chi connectivity index (χ0) is 31.7. The third-order valence-electron chi connectivity index (χ3n) is 7.51. The van der Waals surface area contributed by atoms with Crippen molar-refractivity contribution in [3.63, 3.8) is 0 Å². The number of fused-ring (bicyclic) bond motifs is 2. The van der Waals surface area contributed by atoms with Crippen molar-refractivity contribution in [3.8, 4) is 17.2 Å². The Morgan fingerprint density at radius 2 is 1.49 bits per heavy atom. The molecule has 0 bridgehead atoms. The quantitative estimate of drug-likeness (QED) is 0.185. The molecule has 2 heterocycles. The summed E-state index contributed by atoms with van der Waals surface area (Å²) < 4.78 is 14.1. The van der Waals surface area contributed by atoms with E-state index >= 15 is 0 Å². The smallest absolute Gasteiger partial charge is 0.419 e. The fourth-order valence-corrected chi connectivity index (χ4v) is 5.40. The van der Waals surface area contributed by atoms with Gasteiger partial charge in [0.2, 0.25) is 0 Å². The second-order valence-corrected chi connectivity index (χ2v) is 11.9. The maximum Gasteiger partial charge on any atom is 0.419 e. The zero-order valence-corrected chi connectivity index (χ0v) is 25.5. The summed E-state index contributed by atoms with van der Waals surface area (Å²) in [5, 5.41) is 11.1. The lowest BCUT2D eigenvalue weighted by Crippen LogP contribution is -2.28. The van der Waals surface area contributed by atoms with E-state index in [0.29, 0.717) is 28.0 Å². The van der Waals surface area contributed by atoms with Crippen molar-refractivity contribution in [1.29, 1.82) is 5.26 Å². The highest BCUT2D eigenvalue weighted by Gasteiger charge is 2.24. The van der Waals surface area contributed by atoms with Crippen LogP contribution in [0.5, 0.6) is 0 Å². The van der Waals surface area contributed by atoms with Crippen LogP contribution >= 0.6 is 0 Å². The topological polar surface area (TPSA) is 103 Å². The third kappa shape index (κ3) is 6.06. The molecule has 0 saturated heterocycles. The molecule has 1 unspecified atom stereocenters. The van der Waals surface area contributed by atoms with E-state index in [1.165, 1.54) is 4.57 Å². The van der Waals surface area contributed by atoms with Gasteiger partial charge in [-0.15, -0.1) is 0 Å². The molecule has 45 heavy (non-hydrogen) atoms. The van der Waals surface area contributed by atoms with Crippen molar-refractivity contribution in [2.45, 2.75) is 38.8 Å². The summed E-state index contributed by atoms with van der Waals surface area (Å²) in [4.78, 5) is 30.7. The van der Waals surface area contributed by atoms with E-state index < -0.39 is 23.5 Å². The Labute approximate surface area is 260 Å². The molecule has 224 valence electrons. The summed E-state index contributed by atoms with van der Waals surface area (Å²) >= 11 is 0. The van der Waals surface area contributed by atoms with Gasteiger partial charge in [0.1, 0.15) is 11.6 Å². The van der Waals surface area contributed by atoms with Crippen LogP contribution in [0.3, 0.4) is 0 Å². The standard InChI is InChI=1S/C37H32N4O4/c1-37(2,3)45-36(43)41-30(22-29(23-38)39-34(24-11-7-5-8-12-24)25-13-9-6-10-14-25)19-28-16-15-26(20-31(28)41)27-17-18-33-32(21-27)40(4)35(42)44-33/h5-21,29H,22H2,1-4H3. The van der Waals surface area contributed by atoms with Crippen molar-refractivity contribution >= 4 is 33.8 Å². The van der Waals surface area contributed by atoms with Gasteiger partial charge in [0.25, 0.3) is 0 Å². The van der Waals surface area contributed by atoms with E-state index in [-0.39, 0.29) is 6.42 Å². The number of nitrogens with zero attached hydrogens (tertiary/aromatic N) is 4. The normalized spacial score (nSPS) is 12.2. The summed E-state index contributed by atoms with van der Waals surface area (Å²) in [7, 11) is 1.66. The molecule has 0 radical (unpaired) electrons. The molecule has 2 aromatic heterocycles. The minimum absolute atomic E-state index is 0.187. The van der Waals surface area contributed by atoms with Crippen LogP contribution in [0.2, 0.25) is 0 Å². The number of aliphatic imine (C=N–C) groups is 1. The third-order valence-corrected chi connectivity index (χ3v) is 7.51. The number of carbonyl (C=O) groups excluding carboxylic acids is 1. The number of benzene rings is 4. The van der Waals surface area contributed by atoms with Crippen LogP contribution in [0, 0.1) is 11.3 Å². The van der Waals surface area contributed by atoms with Crippen molar-refractivity contribution < 1.29 is 13.9 Å². The highest BCUT2D eigenvalue weighted by molar-refractivity contribution is 6.13. The first kappa shape index (κ1) is 29.4. The van der Waals surface area contributed by atoms with Crippen molar-refractivity contribution in [2.75, 3.05) is 0 Å². The average Bonchev–Trinajstić information content (AvgIpc) is 3.54. The van der Waals surface area contributed by atoms with Gasteiger partial charge in [-0.05, 0) is 56.2 Å². The molecule has 6 rings (SSSR count). The number of nitriles is 1. The van der Waals surface area contributed by atoms with Crippen LogP contribution in [0.15, 0.2) is 117 Å². The van der Waals surface area contributed by atoms with Crippen LogP contribution < -0.4 is 5.76 Å². The van der Waals surface area contributed by atoms with E-state index in [0.717, 1.165) is 27.6 Å². The monoisotopic (exact) mass is 596 g/mol. The maximum atomic E-state index is 13.7. The SMILES string of the molecule is Cn1c(=O)oc2ccc(-c3ccc4cc(CC(C#N)N=C(c5ccccc5)c5ccccc5)n(C(=O)OC(C)(C)C)c4c3)cc21. The molecule has 0 spiro atoms. The molecule has 0 fully saturated rings. The molecule has 8 nitrogen and oxygen atoms in total. The van der Waals surface area contributed by atoms with E-state index in [1.807, 2.05) is 118 Å². The molecule has 0 aliphatic carbocycles. The van der Waals surface area contributed by atoms with Gasteiger partial charge in [0.15, 0.2) is 5.58 Å². The summed E-state index contributed by atoms with van der Waals surface area (Å²) in [5.41, 5.74) is 5.89. The molecular weight excluding hydrogens is 564 g/mol. The molecule has 0 aliphatic heterocycles. The fraction of sp³-hybridized carbons (Fsp3) is 0.189. The number of aryl methyl sites for hydroxylation is 1. The number of aromatic nitrogens is 2. The number of hydrogen-bond donors (Lipinski definition) is 0. The Morgan fingerprint density at radius 3 is 2.09 bits per heavy atom. The van der Waals surface area contributed by atoms with Gasteiger partial charge in [0, 0.05) is 35.7 Å². The molecule has 1 atom stereocenters. The molecule has 0 saturated carbocycles. The van der Waals surface area contributed by atoms with Gasteiger partial charge in [0.05, 0.1) is 22.8 Å². The molecule has 0 N–H and O–H groups in total. The van der Waals surface area contributed by atoms with Crippen molar-refractivity contribution in [3.05, 3.63) is 130 Å². The maximum absolute atomic E-state index is 13.7. The number of oxazole rings is 1. The molecule has 6 aromatic rings. The summed E-state index contributed by atoms with van der Waals surface area (Å²) in [5.74, 6) is -0.432. The van der Waals surface area contributed by atoms with Gasteiger partial charge in [-0.1, -0.05) is 78.9 Å². The van der Waals surface area contributed by atoms with Gasteiger partial charge in [-0.25, -0.2) is 14.2 Å². The fourth-order valence-electron chi connectivity index (χ4n) is 5.40. The number of hydrogen-bond acceptors (Lipinski definition) is 6. The average molecular weight is 597 g/mol. The number of rotatable bonds is 6. The minimum Gasteiger partial charge on any atom is -0.443 e. The number of ether oxygens (including phenoxy) is 1. The Morgan fingerprint density at radius 1 is 0.889 bits per heavy atom. The van der Waals surface area contributed by atoms with Crippen LogP contribution in [0.25, 0.3) is 33.1 Å². The summed E-state index contributed by atoms with van der Waals surface area (Å²) in [6.45, 7) is 5.46. The first-order valence-electron chi connectivity index (χ1n) is 14.7. The Bertz CT molecular complexity index is 2120. The molecule has 0 aliphatic rings. The summed E-state index contributed by atoms with van der Waals surface area (Å²) in [6, 6.07) is 34.4. The second-order valence-electron chi connectivity index (χ2n) is 11.9. The van der Waals surface area contributed by atoms with Crippen LogP contribution in [-0.2, 0) is 18.2 Å². The Balaban J connectivity index is 1.46. The molecule has 8 heteroatoms. The van der Waals surface area contributed by atoms with Gasteiger partial charge >= 0.3 is 11.8 Å². The van der Waals surface area contributed by atoms with Gasteiger partial charge in [-0.3, -0.25) is 9.56 Å². The van der Waals surface area contributed by atoms with E-state index in [9.17, 15) is 14.9 Å². The van der Waals surface area contributed by atoms with Crippen molar-refractivity contribution in [2.24, 2.45) is 12.0 Å². The van der Waals surface area contributed by atoms with Crippen molar-refractivity contribution in [1.82, 2.24) is 9.13 Å². The predicted molar refractivity (Wildman–Crippen MR) is 176 cm³/mol. The second kappa shape index (κ2) is 11.8. The lowest BCUT2D eigenvalue weighted by atomic mass is 10.0. The summed E-state index contributed by atoms with van der Waals surface area (Å²) in [6.07, 6.45) is -0.351. The van der Waals surface area contributed by atoms with E-state index in [4.69, 9.17) is 14.1 Å². The first-order chi connectivity index (χ1) is 21.6. The van der Waals surface area contributed by atoms with E-state index in [2.05, 4.69) is 6.07 Å². The zero-order valence-electron chi connectivity index (χ0n) is 25.5. The Hall–Kier alpha value is -5.68. The highest BCUT2D eigenvalue weighted by Crippen LogP contribution is 2.30. The van der Waals surface area contributed by atoms with Crippen LogP contribution in [0.4, 0.5) is 4.79 Å².